The van der Waals surface area contributed by atoms with Gasteiger partial charge in [0.25, 0.3) is 0 Å². The molecule has 1 amide bonds. The highest BCUT2D eigenvalue weighted by atomic mass is 16.6. The van der Waals surface area contributed by atoms with Crippen molar-refractivity contribution in [1.29, 1.82) is 0 Å². The van der Waals surface area contributed by atoms with Crippen LogP contribution in [0.25, 0.3) is 0 Å². The van der Waals surface area contributed by atoms with Crippen LogP contribution < -0.4 is 11.1 Å². The average molecular weight is 188 g/mol. The van der Waals surface area contributed by atoms with Gasteiger partial charge in [-0.25, -0.2) is 4.79 Å². The first kappa shape index (κ1) is 12.2. The minimum absolute atomic E-state index is 0.0382. The van der Waals surface area contributed by atoms with Crippen molar-refractivity contribution >= 4 is 6.09 Å². The molecule has 0 fully saturated rings. The molecule has 0 aromatic carbocycles. The number of ether oxygens (including phenoxy) is 1. The van der Waals surface area contributed by atoms with E-state index in [-0.39, 0.29) is 18.2 Å². The minimum Gasteiger partial charge on any atom is -0.447 e. The lowest BCUT2D eigenvalue weighted by Gasteiger charge is -2.16. The molecule has 0 aliphatic rings. The third-order valence-electron chi connectivity index (χ3n) is 1.59. The van der Waals surface area contributed by atoms with Crippen LogP contribution >= 0.6 is 0 Å². The van der Waals surface area contributed by atoms with Crippen molar-refractivity contribution in [2.45, 2.75) is 45.8 Å². The van der Waals surface area contributed by atoms with Crippen LogP contribution in [0.4, 0.5) is 4.79 Å². The molecular formula is C9H20N2O2. The van der Waals surface area contributed by atoms with E-state index < -0.39 is 0 Å². The lowest BCUT2D eigenvalue weighted by Crippen LogP contribution is -2.41. The minimum atomic E-state index is -0.376. The van der Waals surface area contributed by atoms with E-state index in [1.807, 2.05) is 13.8 Å². The zero-order valence-corrected chi connectivity index (χ0v) is 8.67. The van der Waals surface area contributed by atoms with Gasteiger partial charge in [-0.15, -0.1) is 0 Å². The summed E-state index contributed by atoms with van der Waals surface area (Å²) < 4.78 is 4.92. The Kier molecular flexibility index (Phi) is 6.32. The predicted octanol–water partition coefficient (Wildman–Crippen LogP) is 1.25. The van der Waals surface area contributed by atoms with Crippen molar-refractivity contribution in [2.24, 2.45) is 5.73 Å². The summed E-state index contributed by atoms with van der Waals surface area (Å²) in [5, 5.41) is 2.71. The SMILES string of the molecule is CCCC(CN)NC(=O)OC(C)C. The zero-order valence-electron chi connectivity index (χ0n) is 8.67. The number of amides is 1. The summed E-state index contributed by atoms with van der Waals surface area (Å²) in [5.74, 6) is 0. The standard InChI is InChI=1S/C9H20N2O2/c1-4-5-8(6-10)11-9(12)13-7(2)3/h7-8H,4-6,10H2,1-3H3,(H,11,12). The highest BCUT2D eigenvalue weighted by Gasteiger charge is 2.11. The number of carbonyl (C=O) groups is 1. The Bertz CT molecular complexity index is 149. The summed E-state index contributed by atoms with van der Waals surface area (Å²) in [6, 6.07) is 0.0382. The van der Waals surface area contributed by atoms with Crippen molar-refractivity contribution in [3.63, 3.8) is 0 Å². The van der Waals surface area contributed by atoms with E-state index in [2.05, 4.69) is 12.2 Å². The molecule has 0 aliphatic carbocycles. The topological polar surface area (TPSA) is 64.3 Å². The molecule has 0 saturated carbocycles. The van der Waals surface area contributed by atoms with Gasteiger partial charge < -0.3 is 15.8 Å². The molecule has 0 spiro atoms. The highest BCUT2D eigenvalue weighted by molar-refractivity contribution is 5.67. The van der Waals surface area contributed by atoms with Gasteiger partial charge in [0, 0.05) is 12.6 Å². The van der Waals surface area contributed by atoms with E-state index in [0.717, 1.165) is 12.8 Å². The van der Waals surface area contributed by atoms with Crippen LogP contribution in [-0.4, -0.2) is 24.8 Å². The van der Waals surface area contributed by atoms with Gasteiger partial charge in [-0.1, -0.05) is 13.3 Å². The van der Waals surface area contributed by atoms with Gasteiger partial charge in [-0.2, -0.15) is 0 Å². The fourth-order valence-corrected chi connectivity index (χ4v) is 1.01. The van der Waals surface area contributed by atoms with Crippen LogP contribution in [-0.2, 0) is 4.74 Å². The molecule has 0 rings (SSSR count). The van der Waals surface area contributed by atoms with Crippen molar-refractivity contribution < 1.29 is 9.53 Å². The first-order valence-corrected chi connectivity index (χ1v) is 4.77. The van der Waals surface area contributed by atoms with Crippen molar-refractivity contribution in [3.05, 3.63) is 0 Å². The molecule has 13 heavy (non-hydrogen) atoms. The number of hydrogen-bond acceptors (Lipinski definition) is 3. The molecule has 0 bridgehead atoms. The highest BCUT2D eigenvalue weighted by Crippen LogP contribution is 1.96. The van der Waals surface area contributed by atoms with E-state index in [1.54, 1.807) is 0 Å². The van der Waals surface area contributed by atoms with Crippen LogP contribution in [0.15, 0.2) is 0 Å². The Morgan fingerprint density at radius 2 is 2.15 bits per heavy atom. The van der Waals surface area contributed by atoms with Crippen LogP contribution in [0, 0.1) is 0 Å². The molecule has 1 atom stereocenters. The number of alkyl carbamates (subject to hydrolysis) is 1. The fraction of sp³-hybridized carbons (Fsp3) is 0.889. The first-order valence-electron chi connectivity index (χ1n) is 4.77. The van der Waals surface area contributed by atoms with Gasteiger partial charge in [0.1, 0.15) is 0 Å². The molecule has 0 heterocycles. The molecule has 4 nitrogen and oxygen atoms in total. The largest absolute Gasteiger partial charge is 0.447 e. The number of hydrogen-bond donors (Lipinski definition) is 2. The fourth-order valence-electron chi connectivity index (χ4n) is 1.01. The summed E-state index contributed by atoms with van der Waals surface area (Å²) in [5.41, 5.74) is 5.47. The summed E-state index contributed by atoms with van der Waals surface area (Å²) in [7, 11) is 0. The average Bonchev–Trinajstić information content (AvgIpc) is 2.02. The maximum atomic E-state index is 11.1. The molecule has 3 N–H and O–H groups in total. The van der Waals surface area contributed by atoms with Crippen molar-refractivity contribution in [3.8, 4) is 0 Å². The number of rotatable bonds is 5. The number of carbonyl (C=O) groups excluding carboxylic acids is 1. The van der Waals surface area contributed by atoms with Gasteiger partial charge in [-0.05, 0) is 20.3 Å². The maximum Gasteiger partial charge on any atom is 0.407 e. The maximum absolute atomic E-state index is 11.1. The molecule has 0 aromatic rings. The third kappa shape index (κ3) is 6.40. The van der Waals surface area contributed by atoms with Crippen LogP contribution in [0.5, 0.6) is 0 Å². The lowest BCUT2D eigenvalue weighted by atomic mass is 10.2. The molecule has 78 valence electrons. The Labute approximate surface area is 79.8 Å². The second-order valence-corrected chi connectivity index (χ2v) is 3.32. The molecule has 0 aromatic heterocycles. The smallest absolute Gasteiger partial charge is 0.407 e. The van der Waals surface area contributed by atoms with Crippen molar-refractivity contribution in [1.82, 2.24) is 5.32 Å². The molecule has 0 radical (unpaired) electrons. The molecule has 0 aliphatic heterocycles. The van der Waals surface area contributed by atoms with E-state index >= 15 is 0 Å². The lowest BCUT2D eigenvalue weighted by molar-refractivity contribution is 0.112. The Hall–Kier alpha value is -0.770. The molecule has 0 saturated heterocycles. The van der Waals surface area contributed by atoms with E-state index in [1.165, 1.54) is 0 Å². The molecule has 4 heteroatoms. The van der Waals surface area contributed by atoms with Gasteiger partial charge in [0.15, 0.2) is 0 Å². The van der Waals surface area contributed by atoms with Crippen LogP contribution in [0.1, 0.15) is 33.6 Å². The van der Waals surface area contributed by atoms with E-state index in [4.69, 9.17) is 10.5 Å². The summed E-state index contributed by atoms with van der Waals surface area (Å²) in [6.07, 6.45) is 1.44. The predicted molar refractivity (Wildman–Crippen MR) is 52.5 cm³/mol. The second-order valence-electron chi connectivity index (χ2n) is 3.32. The second kappa shape index (κ2) is 6.71. The Balaban J connectivity index is 3.73. The summed E-state index contributed by atoms with van der Waals surface area (Å²) in [6.45, 7) is 6.15. The van der Waals surface area contributed by atoms with Gasteiger partial charge >= 0.3 is 6.09 Å². The summed E-state index contributed by atoms with van der Waals surface area (Å²) >= 11 is 0. The number of nitrogens with one attached hydrogen (secondary N) is 1. The third-order valence-corrected chi connectivity index (χ3v) is 1.59. The van der Waals surface area contributed by atoms with Gasteiger partial charge in [-0.3, -0.25) is 0 Å². The van der Waals surface area contributed by atoms with Gasteiger partial charge in [0.05, 0.1) is 6.10 Å². The Morgan fingerprint density at radius 3 is 2.54 bits per heavy atom. The monoisotopic (exact) mass is 188 g/mol. The van der Waals surface area contributed by atoms with Gasteiger partial charge in [0.2, 0.25) is 0 Å². The normalized spacial score (nSPS) is 12.7. The van der Waals surface area contributed by atoms with E-state index in [9.17, 15) is 4.79 Å². The first-order chi connectivity index (χ1) is 6.10. The Morgan fingerprint density at radius 1 is 1.54 bits per heavy atom. The van der Waals surface area contributed by atoms with E-state index in [0.29, 0.717) is 6.54 Å². The van der Waals surface area contributed by atoms with Crippen LogP contribution in [0.3, 0.4) is 0 Å². The number of nitrogens with two attached hydrogens (primary N) is 1. The molecule has 1 unspecified atom stereocenters. The summed E-state index contributed by atoms with van der Waals surface area (Å²) in [4.78, 5) is 11.1. The van der Waals surface area contributed by atoms with Crippen LogP contribution in [0.2, 0.25) is 0 Å². The zero-order chi connectivity index (χ0) is 10.3. The molecular weight excluding hydrogens is 168 g/mol. The quantitative estimate of drug-likeness (QED) is 0.682. The van der Waals surface area contributed by atoms with Crippen molar-refractivity contribution in [2.75, 3.05) is 6.54 Å².